The minimum Gasteiger partial charge on any atom is -0.478 e. The minimum absolute atomic E-state index is 0.343. The number of Topliss-reactive ketones (excluding diaryl/α,β-unsaturated/α-hetero) is 1. The van der Waals surface area contributed by atoms with Crippen LogP contribution in [-0.4, -0.2) is 39.0 Å². The van der Waals surface area contributed by atoms with Crippen molar-refractivity contribution in [2.45, 2.75) is 6.92 Å². The maximum absolute atomic E-state index is 11.2. The number of carbonyl (C=O) groups is 4. The molecule has 0 spiro atoms. The Morgan fingerprint density at radius 3 is 1.50 bits per heavy atom. The zero-order chi connectivity index (χ0) is 14.0. The van der Waals surface area contributed by atoms with Crippen LogP contribution in [0.15, 0.2) is 12.1 Å². The van der Waals surface area contributed by atoms with E-state index in [0.29, 0.717) is 0 Å². The third-order valence-electron chi connectivity index (χ3n) is 2.24. The summed E-state index contributed by atoms with van der Waals surface area (Å²) in [6.45, 7) is 1.06. The van der Waals surface area contributed by atoms with Crippen molar-refractivity contribution in [3.05, 3.63) is 34.4 Å². The van der Waals surface area contributed by atoms with Gasteiger partial charge in [0, 0.05) is 5.56 Å². The Labute approximate surface area is 100 Å². The molecular weight excluding hydrogens is 244 g/mol. The lowest BCUT2D eigenvalue weighted by Gasteiger charge is -2.09. The number of carbonyl (C=O) groups excluding carboxylic acids is 1. The largest absolute Gasteiger partial charge is 0.478 e. The van der Waals surface area contributed by atoms with E-state index in [1.54, 1.807) is 0 Å². The molecule has 1 aromatic carbocycles. The Balaban J connectivity index is 3.82. The van der Waals surface area contributed by atoms with Gasteiger partial charge in [0.1, 0.15) is 0 Å². The van der Waals surface area contributed by atoms with Crippen molar-refractivity contribution in [2.24, 2.45) is 0 Å². The summed E-state index contributed by atoms with van der Waals surface area (Å²) < 4.78 is 0. The highest BCUT2D eigenvalue weighted by molar-refractivity contribution is 6.14. The average Bonchev–Trinajstić information content (AvgIpc) is 2.26. The lowest BCUT2D eigenvalue weighted by molar-refractivity contribution is 0.0631. The van der Waals surface area contributed by atoms with Crippen molar-refractivity contribution >= 4 is 23.7 Å². The number of carboxylic acids is 3. The first-order chi connectivity index (χ1) is 8.27. The van der Waals surface area contributed by atoms with Gasteiger partial charge in [-0.05, 0) is 19.1 Å². The van der Waals surface area contributed by atoms with Gasteiger partial charge < -0.3 is 15.3 Å². The average molecular weight is 252 g/mol. The van der Waals surface area contributed by atoms with Crippen LogP contribution in [0.4, 0.5) is 0 Å². The second-order valence-electron chi connectivity index (χ2n) is 3.38. The Bertz CT molecular complexity index is 520. The van der Waals surface area contributed by atoms with Gasteiger partial charge in [0.05, 0.1) is 16.7 Å². The van der Waals surface area contributed by atoms with Gasteiger partial charge in [-0.15, -0.1) is 0 Å². The zero-order valence-electron chi connectivity index (χ0n) is 9.13. The molecule has 0 saturated carbocycles. The molecule has 0 aliphatic carbocycles. The van der Waals surface area contributed by atoms with Gasteiger partial charge in [-0.3, -0.25) is 4.79 Å². The molecular formula is C11H8O7. The summed E-state index contributed by atoms with van der Waals surface area (Å²) in [6.07, 6.45) is 0. The minimum atomic E-state index is -1.71. The second kappa shape index (κ2) is 4.66. The SMILES string of the molecule is CC(=O)c1ccc(C(=O)O)c(C(=O)O)c1C(=O)O. The number of aromatic carboxylic acids is 3. The summed E-state index contributed by atoms with van der Waals surface area (Å²) in [5.74, 6) is -5.62. The molecule has 0 fully saturated rings. The monoisotopic (exact) mass is 252 g/mol. The van der Waals surface area contributed by atoms with E-state index in [1.807, 2.05) is 0 Å². The third-order valence-corrected chi connectivity index (χ3v) is 2.24. The molecule has 0 atom stereocenters. The van der Waals surface area contributed by atoms with Crippen molar-refractivity contribution in [1.82, 2.24) is 0 Å². The van der Waals surface area contributed by atoms with E-state index in [9.17, 15) is 19.2 Å². The number of benzene rings is 1. The molecule has 0 amide bonds. The summed E-state index contributed by atoms with van der Waals surface area (Å²) in [5, 5.41) is 26.7. The van der Waals surface area contributed by atoms with Crippen LogP contribution in [0, 0.1) is 0 Å². The molecule has 0 radical (unpaired) electrons. The lowest BCUT2D eigenvalue weighted by atomic mass is 9.94. The highest BCUT2D eigenvalue weighted by atomic mass is 16.4. The van der Waals surface area contributed by atoms with E-state index in [4.69, 9.17) is 15.3 Å². The fourth-order valence-corrected chi connectivity index (χ4v) is 1.52. The van der Waals surface area contributed by atoms with E-state index < -0.39 is 40.4 Å². The number of rotatable bonds is 4. The Morgan fingerprint density at radius 2 is 1.17 bits per heavy atom. The van der Waals surface area contributed by atoms with Crippen molar-refractivity contribution in [1.29, 1.82) is 0 Å². The number of hydrogen-bond acceptors (Lipinski definition) is 4. The quantitative estimate of drug-likeness (QED) is 0.681. The zero-order valence-corrected chi connectivity index (χ0v) is 9.13. The summed E-state index contributed by atoms with van der Waals surface area (Å²) in [4.78, 5) is 44.1. The van der Waals surface area contributed by atoms with E-state index in [0.717, 1.165) is 19.1 Å². The maximum atomic E-state index is 11.2. The third kappa shape index (κ3) is 2.19. The van der Waals surface area contributed by atoms with Crippen LogP contribution in [0.2, 0.25) is 0 Å². The molecule has 3 N–H and O–H groups in total. The normalized spacial score (nSPS) is 9.83. The molecule has 0 aromatic heterocycles. The molecule has 0 aliphatic heterocycles. The molecule has 0 bridgehead atoms. The highest BCUT2D eigenvalue weighted by Crippen LogP contribution is 2.21. The Kier molecular flexibility index (Phi) is 3.46. The van der Waals surface area contributed by atoms with Gasteiger partial charge in [-0.2, -0.15) is 0 Å². The van der Waals surface area contributed by atoms with Crippen molar-refractivity contribution < 1.29 is 34.5 Å². The summed E-state index contributed by atoms with van der Waals surface area (Å²) in [7, 11) is 0. The first-order valence-corrected chi connectivity index (χ1v) is 4.65. The molecule has 1 rings (SSSR count). The Morgan fingerprint density at radius 1 is 0.778 bits per heavy atom. The fraction of sp³-hybridized carbons (Fsp3) is 0.0909. The highest BCUT2D eigenvalue weighted by Gasteiger charge is 2.28. The summed E-state index contributed by atoms with van der Waals surface area (Å²) >= 11 is 0. The van der Waals surface area contributed by atoms with E-state index >= 15 is 0 Å². The first-order valence-electron chi connectivity index (χ1n) is 4.65. The van der Waals surface area contributed by atoms with Crippen LogP contribution >= 0.6 is 0 Å². The van der Waals surface area contributed by atoms with Crippen LogP contribution in [0.1, 0.15) is 48.4 Å². The number of carboxylic acid groups (broad SMARTS) is 3. The Hall–Kier alpha value is -2.70. The van der Waals surface area contributed by atoms with E-state index in [2.05, 4.69) is 0 Å². The second-order valence-corrected chi connectivity index (χ2v) is 3.38. The molecule has 18 heavy (non-hydrogen) atoms. The topological polar surface area (TPSA) is 129 Å². The van der Waals surface area contributed by atoms with Gasteiger partial charge in [0.15, 0.2) is 5.78 Å². The van der Waals surface area contributed by atoms with E-state index in [1.165, 1.54) is 0 Å². The van der Waals surface area contributed by atoms with Crippen LogP contribution in [0.5, 0.6) is 0 Å². The maximum Gasteiger partial charge on any atom is 0.337 e. The summed E-state index contributed by atoms with van der Waals surface area (Å²) in [6, 6.07) is 1.89. The van der Waals surface area contributed by atoms with Crippen molar-refractivity contribution in [3.8, 4) is 0 Å². The summed E-state index contributed by atoms with van der Waals surface area (Å²) in [5.41, 5.74) is -2.73. The number of ketones is 1. The van der Waals surface area contributed by atoms with Crippen LogP contribution < -0.4 is 0 Å². The van der Waals surface area contributed by atoms with E-state index in [-0.39, 0.29) is 5.56 Å². The van der Waals surface area contributed by atoms with Gasteiger partial charge in [0.2, 0.25) is 0 Å². The smallest absolute Gasteiger partial charge is 0.337 e. The van der Waals surface area contributed by atoms with Crippen molar-refractivity contribution in [3.63, 3.8) is 0 Å². The van der Waals surface area contributed by atoms with Crippen molar-refractivity contribution in [2.75, 3.05) is 0 Å². The van der Waals surface area contributed by atoms with Gasteiger partial charge in [0.25, 0.3) is 0 Å². The van der Waals surface area contributed by atoms with Crippen LogP contribution in [-0.2, 0) is 0 Å². The lowest BCUT2D eigenvalue weighted by Crippen LogP contribution is -2.18. The predicted molar refractivity (Wildman–Crippen MR) is 57.3 cm³/mol. The molecule has 0 heterocycles. The standard InChI is InChI=1S/C11H8O7/c1-4(12)5-2-3-6(9(13)14)8(11(17)18)7(5)10(15)16/h2-3H,1H3,(H,13,14)(H,15,16)(H,17,18). The number of hydrogen-bond donors (Lipinski definition) is 3. The molecule has 1 aromatic rings. The van der Waals surface area contributed by atoms with Gasteiger partial charge in [-0.25, -0.2) is 14.4 Å². The fourth-order valence-electron chi connectivity index (χ4n) is 1.52. The van der Waals surface area contributed by atoms with Gasteiger partial charge in [-0.1, -0.05) is 0 Å². The molecule has 0 aliphatic rings. The van der Waals surface area contributed by atoms with Gasteiger partial charge >= 0.3 is 17.9 Å². The van der Waals surface area contributed by atoms with Crippen LogP contribution in [0.3, 0.4) is 0 Å². The predicted octanol–water partition coefficient (Wildman–Crippen LogP) is 0.984. The molecule has 0 saturated heterocycles. The molecule has 7 heteroatoms. The molecule has 94 valence electrons. The molecule has 0 unspecified atom stereocenters. The first kappa shape index (κ1) is 13.4. The van der Waals surface area contributed by atoms with Crippen LogP contribution in [0.25, 0.3) is 0 Å². The molecule has 7 nitrogen and oxygen atoms in total.